The van der Waals surface area contributed by atoms with Crippen LogP contribution in [0.5, 0.6) is 0 Å². The zero-order chi connectivity index (χ0) is 22.8. The first kappa shape index (κ1) is 21.6. The van der Waals surface area contributed by atoms with Crippen molar-refractivity contribution in [3.8, 4) is 11.4 Å². The minimum atomic E-state index is -0.371. The fourth-order valence-electron chi connectivity index (χ4n) is 3.87. The molecule has 1 aromatic carbocycles. The second kappa shape index (κ2) is 8.86. The van der Waals surface area contributed by atoms with Crippen molar-refractivity contribution in [2.24, 2.45) is 0 Å². The van der Waals surface area contributed by atoms with Crippen LogP contribution in [-0.4, -0.2) is 37.1 Å². The Bertz CT molecular complexity index is 1290. The Labute approximate surface area is 187 Å². The van der Waals surface area contributed by atoms with Crippen LogP contribution in [0.1, 0.15) is 52.4 Å². The molecule has 0 spiro atoms. The van der Waals surface area contributed by atoms with Crippen LogP contribution in [0.2, 0.25) is 0 Å². The minimum Gasteiger partial charge on any atom is -0.462 e. The molecule has 0 saturated heterocycles. The lowest BCUT2D eigenvalue weighted by Gasteiger charge is -2.11. The van der Waals surface area contributed by atoms with Gasteiger partial charge in [0.25, 0.3) is 0 Å². The van der Waals surface area contributed by atoms with E-state index in [2.05, 4.69) is 34.4 Å². The molecule has 0 aliphatic heterocycles. The van der Waals surface area contributed by atoms with Crippen LogP contribution in [0.3, 0.4) is 0 Å². The predicted molar refractivity (Wildman–Crippen MR) is 124 cm³/mol. The van der Waals surface area contributed by atoms with E-state index in [1.165, 1.54) is 0 Å². The van der Waals surface area contributed by atoms with Gasteiger partial charge in [0.15, 0.2) is 11.5 Å². The lowest BCUT2D eigenvalue weighted by atomic mass is 10.0. The van der Waals surface area contributed by atoms with Crippen LogP contribution in [0, 0.1) is 20.8 Å². The molecule has 0 unspecified atom stereocenters. The van der Waals surface area contributed by atoms with Crippen molar-refractivity contribution in [1.82, 2.24) is 24.5 Å². The second-order valence-corrected chi connectivity index (χ2v) is 7.90. The SMILES string of the molecule is CCOC(=O)c1ccc(C)cc1-c1ncc(Cn2c(CC)nc3c(C)cc(C)nc32)cn1. The van der Waals surface area contributed by atoms with Gasteiger partial charge in [-0.1, -0.05) is 18.6 Å². The first-order chi connectivity index (χ1) is 15.4. The lowest BCUT2D eigenvalue weighted by Crippen LogP contribution is -2.09. The van der Waals surface area contributed by atoms with E-state index >= 15 is 0 Å². The second-order valence-electron chi connectivity index (χ2n) is 7.90. The summed E-state index contributed by atoms with van der Waals surface area (Å²) in [4.78, 5) is 31.1. The number of benzene rings is 1. The molecule has 32 heavy (non-hydrogen) atoms. The molecule has 0 aliphatic carbocycles. The zero-order valence-electron chi connectivity index (χ0n) is 19.1. The van der Waals surface area contributed by atoms with E-state index in [1.807, 2.05) is 26.0 Å². The monoisotopic (exact) mass is 429 g/mol. The fourth-order valence-corrected chi connectivity index (χ4v) is 3.87. The number of aromatic nitrogens is 5. The van der Waals surface area contributed by atoms with Crippen LogP contribution in [0.15, 0.2) is 36.7 Å². The molecule has 7 nitrogen and oxygen atoms in total. The number of nitrogens with zero attached hydrogens (tertiary/aromatic N) is 5. The summed E-state index contributed by atoms with van der Waals surface area (Å²) in [6.07, 6.45) is 4.40. The van der Waals surface area contributed by atoms with Crippen molar-refractivity contribution in [2.75, 3.05) is 6.61 Å². The van der Waals surface area contributed by atoms with E-state index in [0.29, 0.717) is 30.1 Å². The Balaban J connectivity index is 1.70. The van der Waals surface area contributed by atoms with Crippen molar-refractivity contribution in [1.29, 1.82) is 0 Å². The standard InChI is InChI=1S/C25H27N5O2/c1-6-21-29-22-16(4)11-17(5)28-24(22)30(21)14-18-12-26-23(27-13-18)20-10-15(3)8-9-19(20)25(31)32-7-2/h8-13H,6-7,14H2,1-5H3. The van der Waals surface area contributed by atoms with Gasteiger partial charge in [0.05, 0.1) is 18.7 Å². The third-order valence-electron chi connectivity index (χ3n) is 5.37. The highest BCUT2D eigenvalue weighted by atomic mass is 16.5. The smallest absolute Gasteiger partial charge is 0.338 e. The number of imidazole rings is 1. The maximum Gasteiger partial charge on any atom is 0.338 e. The summed E-state index contributed by atoms with van der Waals surface area (Å²) in [5, 5.41) is 0. The highest BCUT2D eigenvalue weighted by molar-refractivity contribution is 5.96. The van der Waals surface area contributed by atoms with Crippen LogP contribution < -0.4 is 0 Å². The van der Waals surface area contributed by atoms with E-state index < -0.39 is 0 Å². The quantitative estimate of drug-likeness (QED) is 0.417. The number of rotatable bonds is 6. The lowest BCUT2D eigenvalue weighted by molar-refractivity contribution is 0.0527. The molecule has 3 heterocycles. The molecule has 0 bridgehead atoms. The molecular formula is C25H27N5O2. The number of carbonyl (C=O) groups is 1. The highest BCUT2D eigenvalue weighted by Crippen LogP contribution is 2.24. The molecule has 0 N–H and O–H groups in total. The molecule has 7 heteroatoms. The summed E-state index contributed by atoms with van der Waals surface area (Å²) in [6.45, 7) is 10.8. The Morgan fingerprint density at radius 1 is 1.03 bits per heavy atom. The average molecular weight is 430 g/mol. The normalized spacial score (nSPS) is 11.2. The van der Waals surface area contributed by atoms with Crippen molar-refractivity contribution in [3.05, 3.63) is 70.4 Å². The predicted octanol–water partition coefficient (Wildman–Crippen LogP) is 4.60. The van der Waals surface area contributed by atoms with Crippen molar-refractivity contribution in [2.45, 2.75) is 47.6 Å². The third-order valence-corrected chi connectivity index (χ3v) is 5.37. The zero-order valence-corrected chi connectivity index (χ0v) is 19.1. The first-order valence-corrected chi connectivity index (χ1v) is 10.8. The highest BCUT2D eigenvalue weighted by Gasteiger charge is 2.17. The van der Waals surface area contributed by atoms with Gasteiger partial charge in [0, 0.05) is 35.6 Å². The third kappa shape index (κ3) is 4.10. The molecule has 0 atom stereocenters. The molecule has 0 saturated carbocycles. The van der Waals surface area contributed by atoms with E-state index in [4.69, 9.17) is 14.7 Å². The van der Waals surface area contributed by atoms with Crippen LogP contribution >= 0.6 is 0 Å². The largest absolute Gasteiger partial charge is 0.462 e. The molecule has 0 amide bonds. The van der Waals surface area contributed by atoms with E-state index in [-0.39, 0.29) is 5.97 Å². The van der Waals surface area contributed by atoms with Gasteiger partial charge in [0.1, 0.15) is 11.3 Å². The van der Waals surface area contributed by atoms with Gasteiger partial charge in [0.2, 0.25) is 0 Å². The number of hydrogen-bond acceptors (Lipinski definition) is 6. The summed E-state index contributed by atoms with van der Waals surface area (Å²) in [5.74, 6) is 1.11. The van der Waals surface area contributed by atoms with Crippen molar-refractivity contribution < 1.29 is 9.53 Å². The van der Waals surface area contributed by atoms with Gasteiger partial charge >= 0.3 is 5.97 Å². The number of aryl methyl sites for hydroxylation is 4. The van der Waals surface area contributed by atoms with Gasteiger partial charge in [-0.3, -0.25) is 0 Å². The molecular weight excluding hydrogens is 402 g/mol. The topological polar surface area (TPSA) is 82.8 Å². The van der Waals surface area contributed by atoms with Crippen molar-refractivity contribution in [3.63, 3.8) is 0 Å². The molecule has 0 fully saturated rings. The number of esters is 1. The van der Waals surface area contributed by atoms with Gasteiger partial charge in [-0.15, -0.1) is 0 Å². The number of fused-ring (bicyclic) bond motifs is 1. The Kier molecular flexibility index (Phi) is 5.99. The number of ether oxygens (including phenoxy) is 1. The van der Waals surface area contributed by atoms with Crippen LogP contribution in [-0.2, 0) is 17.7 Å². The molecule has 0 aliphatic rings. The molecule has 0 radical (unpaired) electrons. The van der Waals surface area contributed by atoms with Crippen molar-refractivity contribution >= 4 is 17.1 Å². The summed E-state index contributed by atoms with van der Waals surface area (Å²) in [6, 6.07) is 7.62. The van der Waals surface area contributed by atoms with E-state index in [9.17, 15) is 4.79 Å². The van der Waals surface area contributed by atoms with Crippen LogP contribution in [0.25, 0.3) is 22.6 Å². The minimum absolute atomic E-state index is 0.317. The average Bonchev–Trinajstić information content (AvgIpc) is 3.12. The van der Waals surface area contributed by atoms with Gasteiger partial charge in [-0.05, 0) is 51.5 Å². The summed E-state index contributed by atoms with van der Waals surface area (Å²) >= 11 is 0. The summed E-state index contributed by atoms with van der Waals surface area (Å²) in [5.41, 5.74) is 7.01. The number of pyridine rings is 1. The fraction of sp³-hybridized carbons (Fsp3) is 0.320. The maximum atomic E-state index is 12.4. The Hall–Kier alpha value is -3.61. The summed E-state index contributed by atoms with van der Waals surface area (Å²) < 4.78 is 7.33. The molecule has 164 valence electrons. The number of hydrogen-bond donors (Lipinski definition) is 0. The van der Waals surface area contributed by atoms with Gasteiger partial charge in [-0.25, -0.2) is 24.7 Å². The molecule has 4 rings (SSSR count). The molecule has 4 aromatic rings. The maximum absolute atomic E-state index is 12.4. The first-order valence-electron chi connectivity index (χ1n) is 10.8. The Morgan fingerprint density at radius 3 is 2.47 bits per heavy atom. The number of carbonyl (C=O) groups excluding carboxylic acids is 1. The van der Waals surface area contributed by atoms with Gasteiger partial charge in [-0.2, -0.15) is 0 Å². The van der Waals surface area contributed by atoms with E-state index in [0.717, 1.165) is 45.8 Å². The Morgan fingerprint density at radius 2 is 1.78 bits per heavy atom. The molecule has 3 aromatic heterocycles. The van der Waals surface area contributed by atoms with E-state index in [1.54, 1.807) is 25.4 Å². The van der Waals surface area contributed by atoms with Crippen LogP contribution in [0.4, 0.5) is 0 Å². The summed E-state index contributed by atoms with van der Waals surface area (Å²) in [7, 11) is 0. The van der Waals surface area contributed by atoms with Gasteiger partial charge < -0.3 is 9.30 Å².